The van der Waals surface area contributed by atoms with E-state index >= 15 is 0 Å². The maximum atomic E-state index is 14.0. The molecule has 11 heteroatoms. The number of carboxylic acid groups (broad SMARTS) is 1. The summed E-state index contributed by atoms with van der Waals surface area (Å²) in [6, 6.07) is 12.5. The molecule has 0 saturated heterocycles. The van der Waals surface area contributed by atoms with Crippen LogP contribution < -0.4 is 10.9 Å². The zero-order valence-electron chi connectivity index (χ0n) is 16.5. The van der Waals surface area contributed by atoms with E-state index in [1.165, 1.54) is 35.5 Å². The highest BCUT2D eigenvalue weighted by molar-refractivity contribution is 5.92. The van der Waals surface area contributed by atoms with Crippen LogP contribution in [0.15, 0.2) is 72.0 Å². The van der Waals surface area contributed by atoms with Crippen LogP contribution in [0.5, 0.6) is 0 Å². The number of hydrogen-bond donors (Lipinski definition) is 3. The second-order valence-electron chi connectivity index (χ2n) is 6.85. The van der Waals surface area contributed by atoms with Crippen molar-refractivity contribution in [3.05, 3.63) is 94.7 Å². The summed E-state index contributed by atoms with van der Waals surface area (Å²) in [5, 5.41) is 18.5. The molecule has 0 spiro atoms. The van der Waals surface area contributed by atoms with E-state index in [4.69, 9.17) is 0 Å². The van der Waals surface area contributed by atoms with Gasteiger partial charge in [-0.1, -0.05) is 24.3 Å². The molecule has 4 aromatic rings. The minimum absolute atomic E-state index is 0.0395. The number of nitrogens with one attached hydrogen (secondary N) is 2. The van der Waals surface area contributed by atoms with E-state index in [1.807, 2.05) is 0 Å². The standard InChI is InChI=1S/C21H17FN6O4/c22-15-3-1-2-4-18(15)28-19(29)9-17(26-28)21(32)25-16(10-20(30)31)13-5-7-14(8-6-13)27-12-23-11-24-27/h1-9,11-12,16,26H,10H2,(H,25,32)(H,30,31). The number of aromatic nitrogens is 5. The summed E-state index contributed by atoms with van der Waals surface area (Å²) >= 11 is 0. The van der Waals surface area contributed by atoms with Gasteiger partial charge in [0.1, 0.15) is 29.9 Å². The Morgan fingerprint density at radius 2 is 1.91 bits per heavy atom. The Kier molecular flexibility index (Phi) is 5.62. The summed E-state index contributed by atoms with van der Waals surface area (Å²) in [7, 11) is 0. The van der Waals surface area contributed by atoms with E-state index < -0.39 is 29.3 Å². The topological polar surface area (TPSA) is 135 Å². The first kappa shape index (κ1) is 20.7. The van der Waals surface area contributed by atoms with Gasteiger partial charge in [0.15, 0.2) is 0 Å². The van der Waals surface area contributed by atoms with Crippen LogP contribution in [-0.4, -0.2) is 41.5 Å². The van der Waals surface area contributed by atoms with Crippen LogP contribution >= 0.6 is 0 Å². The Bertz CT molecular complexity index is 1310. The average Bonchev–Trinajstić information content (AvgIpc) is 3.44. The van der Waals surface area contributed by atoms with Gasteiger partial charge in [-0.05, 0) is 29.8 Å². The molecule has 3 N–H and O–H groups in total. The molecule has 162 valence electrons. The van der Waals surface area contributed by atoms with Gasteiger partial charge >= 0.3 is 5.97 Å². The number of halogens is 1. The molecule has 0 aliphatic rings. The van der Waals surface area contributed by atoms with Crippen LogP contribution in [0.2, 0.25) is 0 Å². The number of nitrogens with zero attached hydrogens (tertiary/aromatic N) is 4. The molecule has 2 aromatic heterocycles. The molecule has 0 bridgehead atoms. The number of benzene rings is 2. The lowest BCUT2D eigenvalue weighted by Crippen LogP contribution is -2.30. The number of carboxylic acids is 1. The fourth-order valence-electron chi connectivity index (χ4n) is 3.19. The minimum Gasteiger partial charge on any atom is -0.481 e. The predicted molar refractivity (Wildman–Crippen MR) is 110 cm³/mol. The Hall–Kier alpha value is -4.54. The van der Waals surface area contributed by atoms with Gasteiger partial charge in [-0.3, -0.25) is 19.5 Å². The quantitative estimate of drug-likeness (QED) is 0.405. The fraction of sp³-hybridized carbons (Fsp3) is 0.0952. The Morgan fingerprint density at radius 1 is 1.16 bits per heavy atom. The Balaban J connectivity index is 1.58. The van der Waals surface area contributed by atoms with E-state index in [1.54, 1.807) is 30.3 Å². The van der Waals surface area contributed by atoms with E-state index in [0.717, 1.165) is 10.7 Å². The summed E-state index contributed by atoms with van der Waals surface area (Å²) in [5.74, 6) is -2.46. The minimum atomic E-state index is -1.12. The van der Waals surface area contributed by atoms with Crippen molar-refractivity contribution in [1.82, 2.24) is 29.9 Å². The highest BCUT2D eigenvalue weighted by Gasteiger charge is 2.21. The van der Waals surface area contributed by atoms with Crippen molar-refractivity contribution in [2.24, 2.45) is 0 Å². The van der Waals surface area contributed by atoms with Crippen molar-refractivity contribution in [1.29, 1.82) is 0 Å². The number of hydrogen-bond acceptors (Lipinski definition) is 5. The number of carbonyl (C=O) groups is 2. The molecule has 32 heavy (non-hydrogen) atoms. The zero-order valence-corrected chi connectivity index (χ0v) is 16.5. The van der Waals surface area contributed by atoms with Crippen LogP contribution in [0.3, 0.4) is 0 Å². The molecule has 0 aliphatic heterocycles. The first-order valence-electron chi connectivity index (χ1n) is 9.47. The van der Waals surface area contributed by atoms with E-state index in [9.17, 15) is 23.9 Å². The van der Waals surface area contributed by atoms with Crippen LogP contribution in [0.4, 0.5) is 4.39 Å². The van der Waals surface area contributed by atoms with Crippen molar-refractivity contribution in [3.63, 3.8) is 0 Å². The number of para-hydroxylation sites is 1. The van der Waals surface area contributed by atoms with Crippen LogP contribution in [0, 0.1) is 5.82 Å². The van der Waals surface area contributed by atoms with Crippen LogP contribution in [-0.2, 0) is 4.79 Å². The lowest BCUT2D eigenvalue weighted by atomic mass is 10.0. The first-order chi connectivity index (χ1) is 15.4. The number of rotatable bonds is 7. The monoisotopic (exact) mass is 436 g/mol. The largest absolute Gasteiger partial charge is 0.481 e. The van der Waals surface area contributed by atoms with Gasteiger partial charge in [0, 0.05) is 6.07 Å². The summed E-state index contributed by atoms with van der Waals surface area (Å²) in [4.78, 5) is 40.2. The van der Waals surface area contributed by atoms with Gasteiger partial charge < -0.3 is 10.4 Å². The van der Waals surface area contributed by atoms with Gasteiger partial charge in [0.25, 0.3) is 11.5 Å². The fourth-order valence-corrected chi connectivity index (χ4v) is 3.19. The molecule has 1 atom stereocenters. The lowest BCUT2D eigenvalue weighted by Gasteiger charge is -2.17. The molecule has 1 unspecified atom stereocenters. The van der Waals surface area contributed by atoms with Gasteiger partial charge in [-0.15, -0.1) is 0 Å². The van der Waals surface area contributed by atoms with Gasteiger partial charge in [-0.2, -0.15) is 5.10 Å². The van der Waals surface area contributed by atoms with Gasteiger partial charge in [0.2, 0.25) is 0 Å². The third kappa shape index (κ3) is 4.31. The van der Waals surface area contributed by atoms with Crippen molar-refractivity contribution >= 4 is 11.9 Å². The third-order valence-corrected chi connectivity index (χ3v) is 4.72. The first-order valence-corrected chi connectivity index (χ1v) is 9.47. The van der Waals surface area contributed by atoms with Crippen LogP contribution in [0.25, 0.3) is 11.4 Å². The highest BCUT2D eigenvalue weighted by atomic mass is 19.1. The van der Waals surface area contributed by atoms with E-state index in [2.05, 4.69) is 20.5 Å². The molecule has 0 aliphatic carbocycles. The average molecular weight is 436 g/mol. The lowest BCUT2D eigenvalue weighted by molar-refractivity contribution is -0.137. The van der Waals surface area contributed by atoms with Crippen molar-refractivity contribution in [2.45, 2.75) is 12.5 Å². The molecule has 10 nitrogen and oxygen atoms in total. The highest BCUT2D eigenvalue weighted by Crippen LogP contribution is 2.20. The second-order valence-corrected chi connectivity index (χ2v) is 6.85. The zero-order chi connectivity index (χ0) is 22.7. The Labute approximate surface area is 179 Å². The smallest absolute Gasteiger partial charge is 0.305 e. The van der Waals surface area contributed by atoms with E-state index in [0.29, 0.717) is 11.3 Å². The Morgan fingerprint density at radius 3 is 2.56 bits per heavy atom. The summed E-state index contributed by atoms with van der Waals surface area (Å²) in [6.45, 7) is 0. The molecule has 4 rings (SSSR count). The normalized spacial score (nSPS) is 11.8. The molecule has 1 amide bonds. The third-order valence-electron chi connectivity index (χ3n) is 4.72. The van der Waals surface area contributed by atoms with Crippen molar-refractivity contribution < 1.29 is 19.1 Å². The molecular formula is C21H17FN6O4. The number of aromatic amines is 1. The molecule has 2 heterocycles. The van der Waals surface area contributed by atoms with Gasteiger partial charge in [0.05, 0.1) is 18.2 Å². The summed E-state index contributed by atoms with van der Waals surface area (Å²) in [5.41, 5.74) is 0.445. The second kappa shape index (κ2) is 8.68. The molecule has 0 radical (unpaired) electrons. The van der Waals surface area contributed by atoms with E-state index in [-0.39, 0.29) is 17.8 Å². The SMILES string of the molecule is O=C(O)CC(NC(=O)c1cc(=O)n(-c2ccccc2F)[nH]1)c1ccc(-n2cncn2)cc1. The number of carbonyl (C=O) groups excluding carboxylic acids is 1. The van der Waals surface area contributed by atoms with Crippen molar-refractivity contribution in [3.8, 4) is 11.4 Å². The number of amides is 1. The molecule has 2 aromatic carbocycles. The predicted octanol–water partition coefficient (Wildman–Crippen LogP) is 1.83. The number of H-pyrrole nitrogens is 1. The summed E-state index contributed by atoms with van der Waals surface area (Å²) < 4.78 is 16.5. The molecule has 0 fully saturated rings. The molecular weight excluding hydrogens is 419 g/mol. The number of aliphatic carboxylic acids is 1. The maximum Gasteiger partial charge on any atom is 0.305 e. The van der Waals surface area contributed by atoms with Gasteiger partial charge in [-0.25, -0.2) is 18.7 Å². The summed E-state index contributed by atoms with van der Waals surface area (Å²) in [6.07, 6.45) is 2.52. The molecule has 0 saturated carbocycles. The van der Waals surface area contributed by atoms with Crippen molar-refractivity contribution in [2.75, 3.05) is 0 Å². The van der Waals surface area contributed by atoms with Crippen LogP contribution in [0.1, 0.15) is 28.5 Å². The maximum absolute atomic E-state index is 14.0.